The summed E-state index contributed by atoms with van der Waals surface area (Å²) < 4.78 is 0. The van der Waals surface area contributed by atoms with Gasteiger partial charge in [0, 0.05) is 16.1 Å². The summed E-state index contributed by atoms with van der Waals surface area (Å²) in [7, 11) is 0. The maximum absolute atomic E-state index is 10.0. The number of nitriles is 1. The van der Waals surface area contributed by atoms with Crippen molar-refractivity contribution in [2.75, 3.05) is 5.73 Å². The largest absolute Gasteiger partial charge is 0.508 e. The molecule has 3 rings (SSSR count). The number of phenols is 2. The number of aromatic hydroxyl groups is 2. The molecule has 0 saturated heterocycles. The SMILES string of the molecule is N#Cc1c(-c2ccc(Cl)cc2)cc(-c2cc(O)ccc2O)nc1N. The summed E-state index contributed by atoms with van der Waals surface area (Å²) in [6, 6.07) is 14.8. The Labute approximate surface area is 143 Å². The van der Waals surface area contributed by atoms with Crippen LogP contribution >= 0.6 is 11.6 Å². The highest BCUT2D eigenvalue weighted by Gasteiger charge is 2.15. The third kappa shape index (κ3) is 2.83. The van der Waals surface area contributed by atoms with Gasteiger partial charge in [0.25, 0.3) is 0 Å². The van der Waals surface area contributed by atoms with E-state index in [2.05, 4.69) is 4.98 Å². The van der Waals surface area contributed by atoms with Gasteiger partial charge < -0.3 is 15.9 Å². The van der Waals surface area contributed by atoms with Gasteiger partial charge in [-0.25, -0.2) is 4.98 Å². The Morgan fingerprint density at radius 1 is 1.00 bits per heavy atom. The van der Waals surface area contributed by atoms with Gasteiger partial charge in [-0.1, -0.05) is 23.7 Å². The van der Waals surface area contributed by atoms with E-state index in [0.717, 1.165) is 5.56 Å². The predicted octanol–water partition coefficient (Wildman–Crippen LogP) is 3.93. The summed E-state index contributed by atoms with van der Waals surface area (Å²) in [5.41, 5.74) is 8.14. The minimum atomic E-state index is -0.0496. The number of pyridine rings is 1. The molecule has 118 valence electrons. The van der Waals surface area contributed by atoms with Crippen LogP contribution < -0.4 is 5.73 Å². The number of halogens is 1. The van der Waals surface area contributed by atoms with Crippen molar-refractivity contribution in [1.82, 2.24) is 4.98 Å². The maximum atomic E-state index is 10.0. The average molecular weight is 338 g/mol. The quantitative estimate of drug-likeness (QED) is 0.615. The second-order valence-corrected chi connectivity index (χ2v) is 5.57. The average Bonchev–Trinajstić information content (AvgIpc) is 2.57. The van der Waals surface area contributed by atoms with Crippen LogP contribution in [0, 0.1) is 11.3 Å². The monoisotopic (exact) mass is 337 g/mol. The van der Waals surface area contributed by atoms with E-state index in [4.69, 9.17) is 17.3 Å². The van der Waals surface area contributed by atoms with Crippen LogP contribution in [0.1, 0.15) is 5.56 Å². The van der Waals surface area contributed by atoms with Crippen molar-refractivity contribution in [3.63, 3.8) is 0 Å². The van der Waals surface area contributed by atoms with Gasteiger partial charge in [-0.05, 0) is 42.0 Å². The van der Waals surface area contributed by atoms with Gasteiger partial charge in [-0.3, -0.25) is 0 Å². The Morgan fingerprint density at radius 3 is 2.38 bits per heavy atom. The van der Waals surface area contributed by atoms with Crippen molar-refractivity contribution < 1.29 is 10.2 Å². The molecule has 0 saturated carbocycles. The number of hydrogen-bond acceptors (Lipinski definition) is 5. The van der Waals surface area contributed by atoms with E-state index in [1.54, 1.807) is 30.3 Å². The Kier molecular flexibility index (Phi) is 3.98. The second kappa shape index (κ2) is 6.11. The van der Waals surface area contributed by atoms with Crippen molar-refractivity contribution in [3.05, 3.63) is 59.1 Å². The molecule has 0 aliphatic rings. The van der Waals surface area contributed by atoms with Crippen LogP contribution in [0.3, 0.4) is 0 Å². The van der Waals surface area contributed by atoms with Gasteiger partial charge in [-0.2, -0.15) is 5.26 Å². The van der Waals surface area contributed by atoms with Gasteiger partial charge >= 0.3 is 0 Å². The highest BCUT2D eigenvalue weighted by atomic mass is 35.5. The van der Waals surface area contributed by atoms with Crippen LogP contribution in [0.4, 0.5) is 5.82 Å². The molecule has 0 spiro atoms. The number of nitrogens with zero attached hydrogens (tertiary/aromatic N) is 2. The van der Waals surface area contributed by atoms with E-state index in [1.807, 2.05) is 6.07 Å². The van der Waals surface area contributed by atoms with Crippen molar-refractivity contribution in [3.8, 4) is 40.0 Å². The first-order chi connectivity index (χ1) is 11.5. The lowest BCUT2D eigenvalue weighted by Gasteiger charge is -2.11. The third-order valence-electron chi connectivity index (χ3n) is 3.57. The molecule has 24 heavy (non-hydrogen) atoms. The molecule has 0 amide bonds. The minimum absolute atomic E-state index is 0.0134. The fourth-order valence-corrected chi connectivity index (χ4v) is 2.53. The number of anilines is 1. The fourth-order valence-electron chi connectivity index (χ4n) is 2.41. The molecule has 6 heteroatoms. The Morgan fingerprint density at radius 2 is 1.71 bits per heavy atom. The van der Waals surface area contributed by atoms with Gasteiger partial charge in [0.15, 0.2) is 0 Å². The van der Waals surface area contributed by atoms with E-state index in [1.165, 1.54) is 18.2 Å². The number of hydrogen-bond donors (Lipinski definition) is 3. The van der Waals surface area contributed by atoms with Crippen molar-refractivity contribution in [1.29, 1.82) is 5.26 Å². The Balaban J connectivity index is 2.26. The highest BCUT2D eigenvalue weighted by molar-refractivity contribution is 6.30. The summed E-state index contributed by atoms with van der Waals surface area (Å²) >= 11 is 5.91. The van der Waals surface area contributed by atoms with Gasteiger partial charge in [0.1, 0.15) is 28.9 Å². The summed E-state index contributed by atoms with van der Waals surface area (Å²) in [6.45, 7) is 0. The molecular weight excluding hydrogens is 326 g/mol. The smallest absolute Gasteiger partial charge is 0.142 e. The molecule has 1 aromatic heterocycles. The van der Waals surface area contributed by atoms with E-state index in [-0.39, 0.29) is 22.9 Å². The first kappa shape index (κ1) is 15.7. The standard InChI is InChI=1S/C18H12ClN3O2/c19-11-3-1-10(2-4-11)13-8-16(22-18(21)15(13)9-20)14-7-12(23)5-6-17(14)24/h1-8,23-24H,(H2,21,22). The Hall–Kier alpha value is -3.23. The molecule has 1 heterocycles. The Bertz CT molecular complexity index is 963. The van der Waals surface area contributed by atoms with Gasteiger partial charge in [0.2, 0.25) is 0 Å². The van der Waals surface area contributed by atoms with Crippen LogP contribution in [0.25, 0.3) is 22.4 Å². The number of rotatable bonds is 2. The van der Waals surface area contributed by atoms with Crippen LogP contribution in [0.5, 0.6) is 11.5 Å². The molecule has 0 unspecified atom stereocenters. The molecule has 2 aromatic carbocycles. The van der Waals surface area contributed by atoms with Crippen molar-refractivity contribution in [2.24, 2.45) is 0 Å². The molecule has 0 radical (unpaired) electrons. The molecule has 0 bridgehead atoms. The predicted molar refractivity (Wildman–Crippen MR) is 92.6 cm³/mol. The zero-order chi connectivity index (χ0) is 17.3. The second-order valence-electron chi connectivity index (χ2n) is 5.14. The summed E-state index contributed by atoms with van der Waals surface area (Å²) in [5.74, 6) is -0.0188. The molecule has 4 N–H and O–H groups in total. The molecule has 0 aliphatic heterocycles. The lowest BCUT2D eigenvalue weighted by atomic mass is 9.98. The zero-order valence-electron chi connectivity index (χ0n) is 12.4. The highest BCUT2D eigenvalue weighted by Crippen LogP contribution is 2.36. The summed E-state index contributed by atoms with van der Waals surface area (Å²) in [6.07, 6.45) is 0. The number of aromatic nitrogens is 1. The normalized spacial score (nSPS) is 10.3. The van der Waals surface area contributed by atoms with E-state index >= 15 is 0 Å². The van der Waals surface area contributed by atoms with Gasteiger partial charge in [0.05, 0.1) is 5.69 Å². The lowest BCUT2D eigenvalue weighted by molar-refractivity contribution is 0.461. The summed E-state index contributed by atoms with van der Waals surface area (Å²) in [4.78, 5) is 4.18. The van der Waals surface area contributed by atoms with Crippen LogP contribution in [0.15, 0.2) is 48.5 Å². The first-order valence-electron chi connectivity index (χ1n) is 6.98. The fraction of sp³-hybridized carbons (Fsp3) is 0. The van der Waals surface area contributed by atoms with Crippen molar-refractivity contribution in [2.45, 2.75) is 0 Å². The number of phenolic OH excluding ortho intramolecular Hbond substituents is 2. The molecule has 3 aromatic rings. The number of nitrogen functional groups attached to an aromatic ring is 1. The van der Waals surface area contributed by atoms with Gasteiger partial charge in [-0.15, -0.1) is 0 Å². The number of nitrogens with two attached hydrogens (primary N) is 1. The van der Waals surface area contributed by atoms with E-state index in [0.29, 0.717) is 21.8 Å². The van der Waals surface area contributed by atoms with Crippen molar-refractivity contribution >= 4 is 17.4 Å². The minimum Gasteiger partial charge on any atom is -0.508 e. The van der Waals surface area contributed by atoms with Crippen LogP contribution in [-0.2, 0) is 0 Å². The molecule has 0 atom stereocenters. The molecule has 5 nitrogen and oxygen atoms in total. The van der Waals surface area contributed by atoms with Crippen LogP contribution in [0.2, 0.25) is 5.02 Å². The zero-order valence-corrected chi connectivity index (χ0v) is 13.1. The topological polar surface area (TPSA) is 103 Å². The van der Waals surface area contributed by atoms with Crippen LogP contribution in [-0.4, -0.2) is 15.2 Å². The molecule has 0 fully saturated rings. The number of benzene rings is 2. The molecular formula is C18H12ClN3O2. The summed E-state index contributed by atoms with van der Waals surface area (Å²) in [5, 5.41) is 29.6. The lowest BCUT2D eigenvalue weighted by Crippen LogP contribution is -2.00. The first-order valence-corrected chi connectivity index (χ1v) is 7.36. The maximum Gasteiger partial charge on any atom is 0.142 e. The molecule has 0 aliphatic carbocycles. The van der Waals surface area contributed by atoms with E-state index in [9.17, 15) is 15.5 Å². The third-order valence-corrected chi connectivity index (χ3v) is 3.82. The van der Waals surface area contributed by atoms with E-state index < -0.39 is 0 Å².